The topological polar surface area (TPSA) is 52.7 Å². The lowest BCUT2D eigenvalue weighted by Gasteiger charge is -2.42. The zero-order valence-corrected chi connectivity index (χ0v) is 20.1. The SMILES string of the molecule is CC1(C)CC(=O)C2=C(C1)Nc1ccccc1N(CC(=O)N1CCCCC1)[C@H]2[C@@H]1CC=CCC1. The van der Waals surface area contributed by atoms with Crippen molar-refractivity contribution in [2.45, 2.75) is 71.3 Å². The van der Waals surface area contributed by atoms with Gasteiger partial charge in [0.15, 0.2) is 5.78 Å². The summed E-state index contributed by atoms with van der Waals surface area (Å²) in [6, 6.07) is 8.22. The van der Waals surface area contributed by atoms with Crippen molar-refractivity contribution < 1.29 is 9.59 Å². The van der Waals surface area contributed by atoms with Gasteiger partial charge < -0.3 is 15.1 Å². The Morgan fingerprint density at radius 3 is 2.64 bits per heavy atom. The minimum atomic E-state index is -0.0709. The van der Waals surface area contributed by atoms with Gasteiger partial charge in [0.1, 0.15) is 0 Å². The number of carbonyl (C=O) groups excluding carboxylic acids is 2. The molecule has 1 aromatic rings. The number of para-hydroxylation sites is 2. The lowest BCUT2D eigenvalue weighted by Crippen LogP contribution is -2.51. The molecular weight excluding hydrogens is 410 g/mol. The highest BCUT2D eigenvalue weighted by Gasteiger charge is 2.44. The molecule has 2 atom stereocenters. The summed E-state index contributed by atoms with van der Waals surface area (Å²) < 4.78 is 0. The van der Waals surface area contributed by atoms with Gasteiger partial charge in [-0.3, -0.25) is 9.59 Å². The first-order valence-electron chi connectivity index (χ1n) is 12.7. The number of nitrogens with zero attached hydrogens (tertiary/aromatic N) is 2. The van der Waals surface area contributed by atoms with Crippen molar-refractivity contribution in [3.63, 3.8) is 0 Å². The van der Waals surface area contributed by atoms with Gasteiger partial charge in [-0.1, -0.05) is 38.1 Å². The van der Waals surface area contributed by atoms with Crippen molar-refractivity contribution in [2.75, 3.05) is 29.9 Å². The smallest absolute Gasteiger partial charge is 0.242 e. The second kappa shape index (κ2) is 9.00. The predicted octanol–water partition coefficient (Wildman–Crippen LogP) is 5.30. The van der Waals surface area contributed by atoms with Crippen molar-refractivity contribution >= 4 is 23.1 Å². The molecule has 0 aromatic heterocycles. The van der Waals surface area contributed by atoms with Crippen LogP contribution >= 0.6 is 0 Å². The van der Waals surface area contributed by atoms with Gasteiger partial charge in [-0.25, -0.2) is 0 Å². The minimum Gasteiger partial charge on any atom is -0.357 e. The van der Waals surface area contributed by atoms with E-state index in [0.29, 0.717) is 18.9 Å². The summed E-state index contributed by atoms with van der Waals surface area (Å²) in [5, 5.41) is 3.67. The summed E-state index contributed by atoms with van der Waals surface area (Å²) in [4.78, 5) is 31.5. The quantitative estimate of drug-likeness (QED) is 0.639. The average molecular weight is 448 g/mol. The Bertz CT molecular complexity index is 987. The first-order chi connectivity index (χ1) is 15.9. The van der Waals surface area contributed by atoms with Crippen LogP contribution in [0, 0.1) is 11.3 Å². The van der Waals surface area contributed by atoms with Crippen LogP contribution in [0.2, 0.25) is 0 Å². The number of rotatable bonds is 3. The predicted molar refractivity (Wildman–Crippen MR) is 133 cm³/mol. The summed E-state index contributed by atoms with van der Waals surface area (Å²) >= 11 is 0. The number of piperidine rings is 1. The fourth-order valence-electron chi connectivity index (χ4n) is 6.25. The monoisotopic (exact) mass is 447 g/mol. The van der Waals surface area contributed by atoms with Crippen LogP contribution in [0.15, 0.2) is 47.7 Å². The molecule has 1 saturated heterocycles. The Balaban J connectivity index is 1.60. The largest absolute Gasteiger partial charge is 0.357 e. The first kappa shape index (κ1) is 22.2. The maximum absolute atomic E-state index is 13.7. The molecule has 0 bridgehead atoms. The maximum atomic E-state index is 13.7. The summed E-state index contributed by atoms with van der Waals surface area (Å²) in [6.45, 7) is 6.40. The van der Waals surface area contributed by atoms with E-state index in [0.717, 1.165) is 74.3 Å². The van der Waals surface area contributed by atoms with Crippen LogP contribution in [-0.2, 0) is 9.59 Å². The van der Waals surface area contributed by atoms with E-state index < -0.39 is 0 Å². The molecule has 1 amide bonds. The van der Waals surface area contributed by atoms with Crippen molar-refractivity contribution in [1.82, 2.24) is 4.90 Å². The average Bonchev–Trinajstić information content (AvgIpc) is 2.94. The number of hydrogen-bond acceptors (Lipinski definition) is 4. The van der Waals surface area contributed by atoms with Gasteiger partial charge in [0, 0.05) is 30.8 Å². The number of anilines is 2. The van der Waals surface area contributed by atoms with E-state index in [1.54, 1.807) is 0 Å². The molecule has 1 aromatic carbocycles. The highest BCUT2D eigenvalue weighted by Crippen LogP contribution is 2.46. The third-order valence-corrected chi connectivity index (χ3v) is 7.82. The second-order valence-corrected chi connectivity index (χ2v) is 11.0. The maximum Gasteiger partial charge on any atom is 0.242 e. The summed E-state index contributed by atoms with van der Waals surface area (Å²) in [7, 11) is 0. The van der Waals surface area contributed by atoms with Gasteiger partial charge in [-0.2, -0.15) is 0 Å². The molecule has 2 aliphatic heterocycles. The Labute approximate surface area is 197 Å². The highest BCUT2D eigenvalue weighted by atomic mass is 16.2. The number of allylic oxidation sites excluding steroid dienone is 3. The van der Waals surface area contributed by atoms with Gasteiger partial charge in [-0.15, -0.1) is 0 Å². The third kappa shape index (κ3) is 4.47. The molecule has 5 nitrogen and oxygen atoms in total. The van der Waals surface area contributed by atoms with Crippen LogP contribution in [0.4, 0.5) is 11.4 Å². The number of nitrogens with one attached hydrogen (secondary N) is 1. The zero-order valence-electron chi connectivity index (χ0n) is 20.1. The van der Waals surface area contributed by atoms with E-state index >= 15 is 0 Å². The Hall–Kier alpha value is -2.56. The first-order valence-corrected chi connectivity index (χ1v) is 12.7. The fourth-order valence-corrected chi connectivity index (χ4v) is 6.25. The Morgan fingerprint density at radius 2 is 1.88 bits per heavy atom. The highest BCUT2D eigenvalue weighted by molar-refractivity contribution is 6.01. The van der Waals surface area contributed by atoms with E-state index in [-0.39, 0.29) is 23.1 Å². The van der Waals surface area contributed by atoms with Gasteiger partial charge in [0.2, 0.25) is 5.91 Å². The molecule has 5 heteroatoms. The molecule has 5 rings (SSSR count). The van der Waals surface area contributed by atoms with Crippen LogP contribution in [0.3, 0.4) is 0 Å². The van der Waals surface area contributed by atoms with Crippen molar-refractivity contribution in [3.05, 3.63) is 47.7 Å². The van der Waals surface area contributed by atoms with Crippen molar-refractivity contribution in [2.24, 2.45) is 11.3 Å². The lowest BCUT2D eigenvalue weighted by molar-refractivity contribution is -0.130. The van der Waals surface area contributed by atoms with Crippen LogP contribution < -0.4 is 10.2 Å². The summed E-state index contributed by atoms with van der Waals surface area (Å²) in [6.07, 6.45) is 12.4. The van der Waals surface area contributed by atoms with Crippen molar-refractivity contribution in [3.8, 4) is 0 Å². The van der Waals surface area contributed by atoms with Gasteiger partial charge >= 0.3 is 0 Å². The summed E-state index contributed by atoms with van der Waals surface area (Å²) in [5.74, 6) is 0.761. The number of hydrogen-bond donors (Lipinski definition) is 1. The molecule has 2 aliphatic carbocycles. The number of ketones is 1. The number of amides is 1. The van der Waals surface area contributed by atoms with Crippen LogP contribution in [0.1, 0.15) is 65.2 Å². The summed E-state index contributed by atoms with van der Waals surface area (Å²) in [5.41, 5.74) is 3.99. The molecule has 176 valence electrons. The van der Waals surface area contributed by atoms with E-state index in [2.05, 4.69) is 48.3 Å². The molecule has 2 heterocycles. The minimum absolute atomic E-state index is 0.0618. The van der Waals surface area contributed by atoms with Gasteiger partial charge in [-0.05, 0) is 68.4 Å². The third-order valence-electron chi connectivity index (χ3n) is 7.82. The van der Waals surface area contributed by atoms with Crippen LogP contribution in [-0.4, -0.2) is 42.3 Å². The molecule has 0 spiro atoms. The van der Waals surface area contributed by atoms with Crippen LogP contribution in [0.5, 0.6) is 0 Å². The van der Waals surface area contributed by atoms with Gasteiger partial charge in [0.05, 0.1) is 24.0 Å². The number of fused-ring (bicyclic) bond motifs is 1. The van der Waals surface area contributed by atoms with E-state index in [4.69, 9.17) is 0 Å². The van der Waals surface area contributed by atoms with Crippen molar-refractivity contribution in [1.29, 1.82) is 0 Å². The standard InChI is InChI=1S/C28H37N3O2/c1-28(2)17-22-26(24(32)18-28)27(20-11-5-3-6-12-20)31(23-14-8-7-13-21(23)29-22)19-25(33)30-15-9-4-10-16-30/h3,5,7-8,13-14,20,27,29H,4,6,9-12,15-19H2,1-2H3/t20-,27+/m1/s1. The second-order valence-electron chi connectivity index (χ2n) is 11.0. The molecular formula is C28H37N3O2. The molecule has 0 radical (unpaired) electrons. The molecule has 1 N–H and O–H groups in total. The van der Waals surface area contributed by atoms with E-state index in [9.17, 15) is 9.59 Å². The number of benzene rings is 1. The molecule has 33 heavy (non-hydrogen) atoms. The molecule has 0 saturated carbocycles. The number of likely N-dealkylation sites (tertiary alicyclic amines) is 1. The molecule has 0 unspecified atom stereocenters. The van der Waals surface area contributed by atoms with Crippen LogP contribution in [0.25, 0.3) is 0 Å². The van der Waals surface area contributed by atoms with E-state index in [1.165, 1.54) is 6.42 Å². The Morgan fingerprint density at radius 1 is 1.09 bits per heavy atom. The number of carbonyl (C=O) groups is 2. The molecule has 1 fully saturated rings. The normalized spacial score (nSPS) is 26.9. The Kier molecular flexibility index (Phi) is 6.07. The van der Waals surface area contributed by atoms with Gasteiger partial charge in [0.25, 0.3) is 0 Å². The van der Waals surface area contributed by atoms with E-state index in [1.807, 2.05) is 17.0 Å². The fraction of sp³-hybridized carbons (Fsp3) is 0.571. The lowest BCUT2D eigenvalue weighted by atomic mass is 9.71. The zero-order chi connectivity index (χ0) is 23.0. The molecule has 4 aliphatic rings. The number of Topliss-reactive ketones (excluding diaryl/α,β-unsaturated/α-hetero) is 1.